The molecule has 0 unspecified atom stereocenters. The maximum absolute atomic E-state index is 13.0. The van der Waals surface area contributed by atoms with Gasteiger partial charge in [-0.15, -0.1) is 0 Å². The number of hydrogen-bond acceptors (Lipinski definition) is 6. The van der Waals surface area contributed by atoms with Gasteiger partial charge in [0.25, 0.3) is 5.91 Å². The average molecular weight is 430 g/mol. The third-order valence-corrected chi connectivity index (χ3v) is 6.32. The van der Waals surface area contributed by atoms with Gasteiger partial charge in [0.2, 0.25) is 5.95 Å². The first-order valence-corrected chi connectivity index (χ1v) is 11.3. The van der Waals surface area contributed by atoms with Crippen LogP contribution in [0, 0.1) is 0 Å². The van der Waals surface area contributed by atoms with Gasteiger partial charge in [-0.05, 0) is 40.6 Å². The highest BCUT2D eigenvalue weighted by Gasteiger charge is 2.22. The Hall–Kier alpha value is -3.45. The van der Waals surface area contributed by atoms with E-state index < -0.39 is 0 Å². The summed E-state index contributed by atoms with van der Waals surface area (Å²) in [6.45, 7) is 1.60. The third kappa shape index (κ3) is 3.96. The molecule has 0 spiro atoms. The summed E-state index contributed by atoms with van der Waals surface area (Å²) in [4.78, 5) is 24.6. The Morgan fingerprint density at radius 3 is 2.84 bits per heavy atom. The topological polar surface area (TPSA) is 70.2 Å². The zero-order valence-electron chi connectivity index (χ0n) is 17.3. The van der Waals surface area contributed by atoms with Crippen LogP contribution in [0.4, 0.5) is 17.6 Å². The van der Waals surface area contributed by atoms with Crippen molar-refractivity contribution in [3.63, 3.8) is 0 Å². The molecule has 31 heavy (non-hydrogen) atoms. The van der Waals surface area contributed by atoms with Crippen molar-refractivity contribution in [1.29, 1.82) is 0 Å². The van der Waals surface area contributed by atoms with Crippen molar-refractivity contribution >= 4 is 45.6 Å². The zero-order chi connectivity index (χ0) is 21.2. The predicted octanol–water partition coefficient (Wildman–Crippen LogP) is 4.94. The van der Waals surface area contributed by atoms with E-state index in [1.165, 1.54) is 5.56 Å². The molecule has 0 saturated heterocycles. The summed E-state index contributed by atoms with van der Waals surface area (Å²) in [6, 6.07) is 16.0. The average Bonchev–Trinajstić information content (AvgIpc) is 3.28. The Labute approximate surface area is 185 Å². The molecule has 2 aromatic carbocycles. The van der Waals surface area contributed by atoms with Crippen LogP contribution in [0.1, 0.15) is 27.9 Å². The Balaban J connectivity index is 1.46. The quantitative estimate of drug-likeness (QED) is 0.470. The number of amides is 1. The standard InChI is InChI=1S/C24H23N5OS/c1-29-12-6-11-19-21(25-13-16-7-3-2-4-8-16)26-24(27-22(19)29)28-23(30)18-10-5-9-17-14-31-15-20(17)18/h2-5,7-10,14-15H,6,11-13H2,1H3,(H2,25,26,27,28,30). The van der Waals surface area contributed by atoms with Crippen molar-refractivity contribution in [2.24, 2.45) is 0 Å². The number of hydrogen-bond donors (Lipinski definition) is 2. The number of nitrogens with one attached hydrogen (secondary N) is 2. The largest absolute Gasteiger partial charge is 0.366 e. The molecule has 156 valence electrons. The Morgan fingerprint density at radius 2 is 1.97 bits per heavy atom. The van der Waals surface area contributed by atoms with E-state index in [9.17, 15) is 4.79 Å². The minimum absolute atomic E-state index is 0.198. The fraction of sp³-hybridized carbons (Fsp3) is 0.208. The van der Waals surface area contributed by atoms with Gasteiger partial charge in [0.15, 0.2) is 0 Å². The molecule has 7 heteroatoms. The molecule has 1 aliphatic rings. The van der Waals surface area contributed by atoms with Gasteiger partial charge in [-0.3, -0.25) is 10.1 Å². The highest BCUT2D eigenvalue weighted by atomic mass is 32.1. The lowest BCUT2D eigenvalue weighted by Gasteiger charge is -2.28. The maximum Gasteiger partial charge on any atom is 0.258 e. The van der Waals surface area contributed by atoms with Gasteiger partial charge in [0.1, 0.15) is 11.6 Å². The van der Waals surface area contributed by atoms with Crippen LogP contribution in [-0.4, -0.2) is 29.5 Å². The van der Waals surface area contributed by atoms with Crippen molar-refractivity contribution in [2.45, 2.75) is 19.4 Å². The lowest BCUT2D eigenvalue weighted by atomic mass is 10.1. The molecule has 1 amide bonds. The third-order valence-electron chi connectivity index (χ3n) is 5.56. The van der Waals surface area contributed by atoms with E-state index in [1.54, 1.807) is 11.3 Å². The Bertz CT molecular complexity index is 1240. The van der Waals surface area contributed by atoms with E-state index in [0.717, 1.165) is 47.4 Å². The maximum atomic E-state index is 13.0. The van der Waals surface area contributed by atoms with E-state index >= 15 is 0 Å². The van der Waals surface area contributed by atoms with Gasteiger partial charge in [-0.25, -0.2) is 0 Å². The molecule has 0 fully saturated rings. The second-order valence-corrected chi connectivity index (χ2v) is 8.44. The highest BCUT2D eigenvalue weighted by Crippen LogP contribution is 2.31. The summed E-state index contributed by atoms with van der Waals surface area (Å²) in [5, 5.41) is 12.4. The highest BCUT2D eigenvalue weighted by molar-refractivity contribution is 7.09. The second kappa shape index (κ2) is 8.35. The Kier molecular flexibility index (Phi) is 5.26. The summed E-state index contributed by atoms with van der Waals surface area (Å²) in [5.74, 6) is 1.78. The van der Waals surface area contributed by atoms with Gasteiger partial charge in [0, 0.05) is 36.7 Å². The molecule has 0 atom stereocenters. The number of anilines is 3. The molecule has 4 aromatic rings. The SMILES string of the molecule is CN1CCCc2c(NCc3ccccc3)nc(NC(=O)c3cccc4cscc34)nc21. The number of benzene rings is 2. The lowest BCUT2D eigenvalue weighted by Crippen LogP contribution is -2.28. The summed E-state index contributed by atoms with van der Waals surface area (Å²) in [7, 11) is 2.03. The summed E-state index contributed by atoms with van der Waals surface area (Å²) >= 11 is 1.59. The van der Waals surface area contributed by atoms with E-state index in [-0.39, 0.29) is 5.91 Å². The molecule has 0 bridgehead atoms. The van der Waals surface area contributed by atoms with Crippen molar-refractivity contribution in [3.8, 4) is 0 Å². The van der Waals surface area contributed by atoms with Crippen molar-refractivity contribution in [2.75, 3.05) is 29.1 Å². The van der Waals surface area contributed by atoms with Crippen LogP contribution in [-0.2, 0) is 13.0 Å². The van der Waals surface area contributed by atoms with Crippen molar-refractivity contribution < 1.29 is 4.79 Å². The summed E-state index contributed by atoms with van der Waals surface area (Å²) in [6.07, 6.45) is 1.97. The van der Waals surface area contributed by atoms with Crippen LogP contribution in [0.2, 0.25) is 0 Å². The van der Waals surface area contributed by atoms with Crippen molar-refractivity contribution in [1.82, 2.24) is 9.97 Å². The van der Waals surface area contributed by atoms with Crippen LogP contribution in [0.5, 0.6) is 0 Å². The minimum Gasteiger partial charge on any atom is -0.366 e. The number of nitrogens with zero attached hydrogens (tertiary/aromatic N) is 3. The molecule has 3 heterocycles. The van der Waals surface area contributed by atoms with Gasteiger partial charge in [-0.1, -0.05) is 42.5 Å². The van der Waals surface area contributed by atoms with Gasteiger partial charge >= 0.3 is 0 Å². The number of carbonyl (C=O) groups is 1. The van der Waals surface area contributed by atoms with E-state index in [1.807, 2.05) is 54.2 Å². The molecule has 2 N–H and O–H groups in total. The molecule has 1 aliphatic heterocycles. The van der Waals surface area contributed by atoms with E-state index in [4.69, 9.17) is 4.98 Å². The monoisotopic (exact) mass is 429 g/mol. The summed E-state index contributed by atoms with van der Waals surface area (Å²) < 4.78 is 0. The Morgan fingerprint density at radius 1 is 1.10 bits per heavy atom. The fourth-order valence-electron chi connectivity index (χ4n) is 3.96. The van der Waals surface area contributed by atoms with Crippen molar-refractivity contribution in [3.05, 3.63) is 76.0 Å². The fourth-order valence-corrected chi connectivity index (χ4v) is 4.78. The number of thiophene rings is 1. The molecule has 0 radical (unpaired) electrons. The molecular weight excluding hydrogens is 406 g/mol. The van der Waals surface area contributed by atoms with Gasteiger partial charge in [-0.2, -0.15) is 21.3 Å². The molecule has 6 nitrogen and oxygen atoms in total. The molecule has 2 aromatic heterocycles. The van der Waals surface area contributed by atoms with E-state index in [0.29, 0.717) is 18.1 Å². The lowest BCUT2D eigenvalue weighted by molar-refractivity contribution is 0.102. The van der Waals surface area contributed by atoms with Gasteiger partial charge < -0.3 is 10.2 Å². The normalized spacial score (nSPS) is 13.1. The van der Waals surface area contributed by atoms with Crippen LogP contribution < -0.4 is 15.5 Å². The van der Waals surface area contributed by atoms with Gasteiger partial charge in [0.05, 0.1) is 0 Å². The number of aromatic nitrogens is 2. The number of rotatable bonds is 5. The number of fused-ring (bicyclic) bond motifs is 2. The van der Waals surface area contributed by atoms with Crippen LogP contribution in [0.25, 0.3) is 10.8 Å². The first-order valence-electron chi connectivity index (χ1n) is 10.3. The van der Waals surface area contributed by atoms with Crippen LogP contribution in [0.15, 0.2) is 59.3 Å². The smallest absolute Gasteiger partial charge is 0.258 e. The first kappa shape index (κ1) is 19.5. The van der Waals surface area contributed by atoms with Crippen LogP contribution in [0.3, 0.4) is 0 Å². The van der Waals surface area contributed by atoms with Crippen LogP contribution >= 0.6 is 11.3 Å². The number of carbonyl (C=O) groups excluding carboxylic acids is 1. The molecule has 0 aliphatic carbocycles. The minimum atomic E-state index is -0.198. The second-order valence-electron chi connectivity index (χ2n) is 7.70. The first-order chi connectivity index (χ1) is 15.2. The summed E-state index contributed by atoms with van der Waals surface area (Å²) in [5.41, 5.74) is 2.91. The molecule has 5 rings (SSSR count). The van der Waals surface area contributed by atoms with E-state index in [2.05, 4.69) is 32.7 Å². The molecular formula is C24H23N5OS. The predicted molar refractivity (Wildman–Crippen MR) is 127 cm³/mol. The zero-order valence-corrected chi connectivity index (χ0v) is 18.1. The molecule has 0 saturated carbocycles.